The highest BCUT2D eigenvalue weighted by molar-refractivity contribution is 7.87. The van der Waals surface area contributed by atoms with E-state index < -0.39 is 10.2 Å². The number of halogens is 1. The second-order valence-electron chi connectivity index (χ2n) is 7.02. The summed E-state index contributed by atoms with van der Waals surface area (Å²) in [6.45, 7) is 2.94. The number of piperazine rings is 1. The molecule has 1 saturated carbocycles. The van der Waals surface area contributed by atoms with E-state index >= 15 is 0 Å². The van der Waals surface area contributed by atoms with Crippen molar-refractivity contribution < 1.29 is 12.8 Å². The van der Waals surface area contributed by atoms with Crippen molar-refractivity contribution in [3.05, 3.63) is 35.6 Å². The largest absolute Gasteiger partial charge is 0.304 e. The van der Waals surface area contributed by atoms with Gasteiger partial charge in [-0.3, -0.25) is 0 Å². The average molecular weight is 355 g/mol. The molecule has 1 N–H and O–H groups in total. The van der Waals surface area contributed by atoms with E-state index in [2.05, 4.69) is 9.62 Å². The quantitative estimate of drug-likeness (QED) is 0.875. The van der Waals surface area contributed by atoms with Gasteiger partial charge in [-0.25, -0.2) is 9.11 Å². The number of rotatable bonds is 5. The number of benzene rings is 1. The molecule has 1 saturated heterocycles. The van der Waals surface area contributed by atoms with Crippen molar-refractivity contribution in [3.63, 3.8) is 0 Å². The van der Waals surface area contributed by atoms with E-state index in [1.165, 1.54) is 16.4 Å². The van der Waals surface area contributed by atoms with Crippen LogP contribution in [0.2, 0.25) is 0 Å². The molecule has 24 heavy (non-hydrogen) atoms. The number of nitrogens with zero attached hydrogens (tertiary/aromatic N) is 2. The van der Waals surface area contributed by atoms with Gasteiger partial charge in [-0.15, -0.1) is 0 Å². The first-order chi connectivity index (χ1) is 11.4. The van der Waals surface area contributed by atoms with E-state index in [9.17, 15) is 12.8 Å². The number of nitrogens with one attached hydrogen (secondary N) is 1. The molecule has 1 aromatic rings. The summed E-state index contributed by atoms with van der Waals surface area (Å²) in [6.07, 6.45) is 4.02. The maximum atomic E-state index is 13.2. The smallest absolute Gasteiger partial charge is 0.279 e. The van der Waals surface area contributed by atoms with Gasteiger partial charge in [0, 0.05) is 38.1 Å². The van der Waals surface area contributed by atoms with E-state index in [-0.39, 0.29) is 11.2 Å². The monoisotopic (exact) mass is 355 g/mol. The van der Waals surface area contributed by atoms with Gasteiger partial charge in [0.2, 0.25) is 0 Å². The van der Waals surface area contributed by atoms with Crippen LogP contribution in [-0.4, -0.2) is 57.4 Å². The molecule has 0 unspecified atom stereocenters. The third kappa shape index (κ3) is 3.79. The molecule has 2 fully saturated rings. The second-order valence-corrected chi connectivity index (χ2v) is 8.78. The van der Waals surface area contributed by atoms with Crippen molar-refractivity contribution in [2.45, 2.75) is 31.1 Å². The summed E-state index contributed by atoms with van der Waals surface area (Å²) >= 11 is 0. The summed E-state index contributed by atoms with van der Waals surface area (Å²) in [5, 5.41) is 0. The minimum Gasteiger partial charge on any atom is -0.304 e. The summed E-state index contributed by atoms with van der Waals surface area (Å²) in [5.41, 5.74) is 0.815. The predicted octanol–water partition coefficient (Wildman–Crippen LogP) is 1.72. The van der Waals surface area contributed by atoms with Crippen molar-refractivity contribution in [3.8, 4) is 0 Å². The Hall–Kier alpha value is -1.02. The Kier molecular flexibility index (Phi) is 5.24. The Morgan fingerprint density at radius 2 is 1.67 bits per heavy atom. The van der Waals surface area contributed by atoms with Gasteiger partial charge in [0.1, 0.15) is 5.82 Å². The lowest BCUT2D eigenvalue weighted by Crippen LogP contribution is -2.52. The zero-order valence-electron chi connectivity index (χ0n) is 14.2. The lowest BCUT2D eigenvalue weighted by molar-refractivity contribution is 0.220. The number of hydrogen-bond acceptors (Lipinski definition) is 3. The van der Waals surface area contributed by atoms with Crippen LogP contribution in [0.15, 0.2) is 24.3 Å². The molecule has 0 atom stereocenters. The molecular formula is C17H26FN3O2S. The van der Waals surface area contributed by atoms with Crippen LogP contribution in [-0.2, 0) is 15.6 Å². The first-order valence-corrected chi connectivity index (χ1v) is 10.0. The molecule has 0 amide bonds. The summed E-state index contributed by atoms with van der Waals surface area (Å²) in [5.74, 6) is -0.259. The Labute approximate surface area is 144 Å². The fourth-order valence-corrected chi connectivity index (χ4v) is 5.06. The fraction of sp³-hybridized carbons (Fsp3) is 0.647. The van der Waals surface area contributed by atoms with E-state index in [1.54, 1.807) is 12.1 Å². The molecule has 0 aromatic heterocycles. The molecule has 1 aromatic carbocycles. The lowest BCUT2D eigenvalue weighted by atomic mass is 9.79. The molecule has 1 heterocycles. The van der Waals surface area contributed by atoms with Crippen molar-refractivity contribution in [1.29, 1.82) is 0 Å². The summed E-state index contributed by atoms with van der Waals surface area (Å²) in [6, 6.07) is 6.52. The minimum atomic E-state index is -3.47. The Morgan fingerprint density at radius 1 is 1.08 bits per heavy atom. The molecule has 1 aliphatic heterocycles. The summed E-state index contributed by atoms with van der Waals surface area (Å²) < 4.78 is 42.8. The van der Waals surface area contributed by atoms with Crippen LogP contribution in [0, 0.1) is 5.82 Å². The molecule has 2 aliphatic rings. The second kappa shape index (κ2) is 7.07. The summed E-state index contributed by atoms with van der Waals surface area (Å²) in [4.78, 5) is 2.13. The van der Waals surface area contributed by atoms with Crippen molar-refractivity contribution in [2.24, 2.45) is 0 Å². The fourth-order valence-electron chi connectivity index (χ4n) is 3.77. The van der Waals surface area contributed by atoms with Crippen LogP contribution in [0.5, 0.6) is 0 Å². The predicted molar refractivity (Wildman–Crippen MR) is 92.5 cm³/mol. The van der Waals surface area contributed by atoms with Crippen molar-refractivity contribution in [2.75, 3.05) is 39.8 Å². The molecule has 134 valence electrons. The van der Waals surface area contributed by atoms with Gasteiger partial charge in [-0.05, 0) is 37.6 Å². The van der Waals surface area contributed by atoms with Crippen LogP contribution in [0.4, 0.5) is 4.39 Å². The third-order valence-electron chi connectivity index (χ3n) is 5.41. The van der Waals surface area contributed by atoms with Gasteiger partial charge < -0.3 is 4.90 Å². The zero-order valence-corrected chi connectivity index (χ0v) is 15.0. The highest BCUT2D eigenvalue weighted by atomic mass is 32.2. The van der Waals surface area contributed by atoms with Crippen molar-refractivity contribution >= 4 is 10.2 Å². The van der Waals surface area contributed by atoms with Crippen LogP contribution in [0.3, 0.4) is 0 Å². The maximum absolute atomic E-state index is 13.2. The normalized spacial score (nSPS) is 22.8. The van der Waals surface area contributed by atoms with E-state index in [4.69, 9.17) is 0 Å². The van der Waals surface area contributed by atoms with Crippen LogP contribution in [0.1, 0.15) is 31.2 Å². The van der Waals surface area contributed by atoms with E-state index in [0.717, 1.165) is 44.3 Å². The first kappa shape index (κ1) is 17.8. The zero-order chi connectivity index (χ0) is 17.2. The van der Waals surface area contributed by atoms with Gasteiger partial charge in [-0.1, -0.05) is 25.0 Å². The Balaban J connectivity index is 1.71. The van der Waals surface area contributed by atoms with Gasteiger partial charge in [0.05, 0.1) is 0 Å². The third-order valence-corrected chi connectivity index (χ3v) is 6.97. The molecular weight excluding hydrogens is 329 g/mol. The van der Waals surface area contributed by atoms with Crippen LogP contribution >= 0.6 is 0 Å². The molecule has 5 nitrogen and oxygen atoms in total. The SMILES string of the molecule is CN1CCN(S(=O)(=O)NCC2(c3ccc(F)cc3)CCCC2)CC1. The van der Waals surface area contributed by atoms with Crippen LogP contribution in [0.25, 0.3) is 0 Å². The Morgan fingerprint density at radius 3 is 2.25 bits per heavy atom. The van der Waals surface area contributed by atoms with E-state index in [0.29, 0.717) is 19.6 Å². The maximum Gasteiger partial charge on any atom is 0.279 e. The molecule has 0 spiro atoms. The van der Waals surface area contributed by atoms with Crippen molar-refractivity contribution in [1.82, 2.24) is 13.9 Å². The topological polar surface area (TPSA) is 52.7 Å². The molecule has 0 radical (unpaired) electrons. The molecule has 0 bridgehead atoms. The lowest BCUT2D eigenvalue weighted by Gasteiger charge is -2.34. The van der Waals surface area contributed by atoms with Gasteiger partial charge in [-0.2, -0.15) is 12.7 Å². The van der Waals surface area contributed by atoms with Crippen LogP contribution < -0.4 is 4.72 Å². The minimum absolute atomic E-state index is 0.215. The van der Waals surface area contributed by atoms with Gasteiger partial charge in [0.15, 0.2) is 0 Å². The average Bonchev–Trinajstić information content (AvgIpc) is 3.04. The highest BCUT2D eigenvalue weighted by Gasteiger charge is 2.37. The number of likely N-dealkylation sites (N-methyl/N-ethyl adjacent to an activating group) is 1. The summed E-state index contributed by atoms with van der Waals surface area (Å²) in [7, 11) is -1.47. The van der Waals surface area contributed by atoms with Gasteiger partial charge >= 0.3 is 0 Å². The number of hydrogen-bond donors (Lipinski definition) is 1. The Bertz CT molecular complexity index is 649. The highest BCUT2D eigenvalue weighted by Crippen LogP contribution is 2.40. The molecule has 7 heteroatoms. The molecule has 1 aliphatic carbocycles. The first-order valence-electron chi connectivity index (χ1n) is 8.61. The standard InChI is InChI=1S/C17H26FN3O2S/c1-20-10-12-21(13-11-20)24(22,23)19-14-17(8-2-3-9-17)15-4-6-16(18)7-5-15/h4-7,19H,2-3,8-14H2,1H3. The van der Waals surface area contributed by atoms with Gasteiger partial charge in [0.25, 0.3) is 10.2 Å². The van der Waals surface area contributed by atoms with E-state index in [1.807, 2.05) is 7.05 Å². The molecule has 3 rings (SSSR count).